The molecule has 0 aromatic heterocycles. The third-order valence-electron chi connectivity index (χ3n) is 7.25. The van der Waals surface area contributed by atoms with Crippen LogP contribution in [-0.4, -0.2) is 51.0 Å². The minimum atomic E-state index is -0.840. The quantitative estimate of drug-likeness (QED) is 0.196. The third kappa shape index (κ3) is 6.77. The van der Waals surface area contributed by atoms with Gasteiger partial charge in [0.05, 0.1) is 7.11 Å². The molecule has 0 saturated carbocycles. The number of nitrogens with one attached hydrogen (secondary N) is 1. The average molecular weight is 555 g/mol. The Morgan fingerprint density at radius 2 is 1.68 bits per heavy atom. The van der Waals surface area contributed by atoms with E-state index in [-0.39, 0.29) is 12.5 Å². The summed E-state index contributed by atoms with van der Waals surface area (Å²) >= 11 is 0. The predicted molar refractivity (Wildman–Crippen MR) is 152 cm³/mol. The van der Waals surface area contributed by atoms with Crippen LogP contribution >= 0.6 is 0 Å². The Morgan fingerprint density at radius 1 is 0.951 bits per heavy atom. The molecule has 2 atom stereocenters. The molecule has 3 aromatic carbocycles. The van der Waals surface area contributed by atoms with Crippen molar-refractivity contribution in [1.82, 2.24) is 5.32 Å². The summed E-state index contributed by atoms with van der Waals surface area (Å²) in [6.45, 7) is 0.725. The number of carbonyl (C=O) groups excluding carboxylic acids is 3. The van der Waals surface area contributed by atoms with Crippen molar-refractivity contribution in [2.75, 3.05) is 20.3 Å². The molecule has 5 rings (SSSR count). The van der Waals surface area contributed by atoms with Gasteiger partial charge in [-0.1, -0.05) is 48.5 Å². The van der Waals surface area contributed by atoms with Crippen molar-refractivity contribution in [3.8, 4) is 16.9 Å². The highest BCUT2D eigenvalue weighted by atomic mass is 16.7. The standard InChI is InChI=1S/C33H32NO7/c1-38-32(36)30-14-8-15-31(41-30)40-24-17-16-23(20-35)22(19-24)9-6-7-18-34-33(37)39-21-29-27-12-4-2-10-25(27)26-11-3-5-13-28(26)29/h2-5,8,10-17,19-20,29-31H,6-7,9,18,21H2,1H3,(H,34,37)/t30-,31+/m0/s1. The van der Waals surface area contributed by atoms with E-state index in [1.54, 1.807) is 37.5 Å². The second-order valence-electron chi connectivity index (χ2n) is 9.83. The van der Waals surface area contributed by atoms with Gasteiger partial charge in [-0.25, -0.2) is 9.59 Å². The lowest BCUT2D eigenvalue weighted by molar-refractivity contribution is -0.165. The highest BCUT2D eigenvalue weighted by Gasteiger charge is 2.31. The van der Waals surface area contributed by atoms with Crippen molar-refractivity contribution in [3.63, 3.8) is 0 Å². The summed E-state index contributed by atoms with van der Waals surface area (Å²) in [6.07, 6.45) is 5.80. The molecule has 1 amide bonds. The maximum absolute atomic E-state index is 12.4. The Hall–Kier alpha value is -4.17. The molecule has 0 spiro atoms. The molecule has 41 heavy (non-hydrogen) atoms. The molecule has 2 aliphatic rings. The summed E-state index contributed by atoms with van der Waals surface area (Å²) < 4.78 is 21.8. The molecule has 3 radical (unpaired) electrons. The van der Waals surface area contributed by atoms with E-state index in [0.29, 0.717) is 30.7 Å². The molecule has 1 heterocycles. The van der Waals surface area contributed by atoms with Gasteiger partial charge >= 0.3 is 12.1 Å². The first kappa shape index (κ1) is 28.4. The molecule has 8 heteroatoms. The highest BCUT2D eigenvalue weighted by molar-refractivity contribution is 5.79. The monoisotopic (exact) mass is 554 g/mol. The van der Waals surface area contributed by atoms with E-state index in [0.717, 1.165) is 18.3 Å². The molecule has 1 aliphatic heterocycles. The number of aryl methyl sites for hydroxylation is 1. The molecule has 1 N–H and O–H groups in total. The number of ether oxygens (including phenoxy) is 4. The minimum absolute atomic E-state index is 0.0170. The van der Waals surface area contributed by atoms with Crippen molar-refractivity contribution < 1.29 is 33.3 Å². The molecule has 0 bridgehead atoms. The number of rotatable bonds is 11. The first-order valence-corrected chi connectivity index (χ1v) is 13.7. The van der Waals surface area contributed by atoms with Crippen LogP contribution in [0.3, 0.4) is 0 Å². The number of alkyl carbamates (subject to hydrolysis) is 1. The van der Waals surface area contributed by atoms with Gasteiger partial charge in [-0.2, -0.15) is 0 Å². The maximum atomic E-state index is 12.4. The highest BCUT2D eigenvalue weighted by Crippen LogP contribution is 2.44. The van der Waals surface area contributed by atoms with Gasteiger partial charge in [-0.3, -0.25) is 4.79 Å². The number of carbonyl (C=O) groups is 3. The van der Waals surface area contributed by atoms with Crippen LogP contribution in [0.15, 0.2) is 66.7 Å². The lowest BCUT2D eigenvalue weighted by atomic mass is 9.98. The van der Waals surface area contributed by atoms with E-state index >= 15 is 0 Å². The Labute approximate surface area is 239 Å². The molecular weight excluding hydrogens is 522 g/mol. The van der Waals surface area contributed by atoms with Gasteiger partial charge in [0.2, 0.25) is 6.29 Å². The van der Waals surface area contributed by atoms with Gasteiger partial charge in [-0.05, 0) is 71.7 Å². The average Bonchev–Trinajstić information content (AvgIpc) is 3.33. The summed E-state index contributed by atoms with van der Waals surface area (Å²) in [5, 5.41) is 2.83. The first-order chi connectivity index (χ1) is 20.1. The molecule has 1 fully saturated rings. The molecule has 211 valence electrons. The SMILES string of the molecule is COC(=O)[C@@H]1[CH][CH][CH][C@H](Oc2ccc(C=O)c(CCCCNC(=O)OCC3c4ccccc4-c4ccccc43)c2)O1. The minimum Gasteiger partial charge on any atom is -0.467 e. The summed E-state index contributed by atoms with van der Waals surface area (Å²) in [5.74, 6) is 0.0255. The summed E-state index contributed by atoms with van der Waals surface area (Å²) in [6, 6.07) is 21.6. The van der Waals surface area contributed by atoms with Crippen molar-refractivity contribution in [2.24, 2.45) is 0 Å². The predicted octanol–water partition coefficient (Wildman–Crippen LogP) is 5.25. The van der Waals surface area contributed by atoms with Crippen LogP contribution in [0.2, 0.25) is 0 Å². The number of amides is 1. The van der Waals surface area contributed by atoms with Crippen LogP contribution in [0.25, 0.3) is 11.1 Å². The molecule has 1 aliphatic carbocycles. The summed E-state index contributed by atoms with van der Waals surface area (Å²) in [5.41, 5.74) is 6.12. The Bertz CT molecular complexity index is 1340. The topological polar surface area (TPSA) is 100 Å². The second-order valence-corrected chi connectivity index (χ2v) is 9.83. The van der Waals surface area contributed by atoms with Gasteiger partial charge < -0.3 is 24.3 Å². The van der Waals surface area contributed by atoms with Gasteiger partial charge in [-0.15, -0.1) is 0 Å². The molecule has 0 unspecified atom stereocenters. The number of esters is 1. The zero-order chi connectivity index (χ0) is 28.6. The number of methoxy groups -OCH3 is 1. The lowest BCUT2D eigenvalue weighted by Gasteiger charge is -2.28. The van der Waals surface area contributed by atoms with Crippen LogP contribution < -0.4 is 10.1 Å². The van der Waals surface area contributed by atoms with Gasteiger partial charge in [0.15, 0.2) is 6.10 Å². The van der Waals surface area contributed by atoms with Crippen molar-refractivity contribution in [2.45, 2.75) is 37.6 Å². The zero-order valence-corrected chi connectivity index (χ0v) is 22.8. The summed E-state index contributed by atoms with van der Waals surface area (Å²) in [4.78, 5) is 35.8. The van der Waals surface area contributed by atoms with Crippen LogP contribution in [0.5, 0.6) is 5.75 Å². The number of benzene rings is 3. The number of fused-ring (bicyclic) bond motifs is 3. The van der Waals surface area contributed by atoms with Gasteiger partial charge in [0.25, 0.3) is 0 Å². The van der Waals surface area contributed by atoms with E-state index in [2.05, 4.69) is 29.6 Å². The van der Waals surface area contributed by atoms with Crippen LogP contribution in [0, 0.1) is 19.3 Å². The third-order valence-corrected chi connectivity index (χ3v) is 7.25. The molecule has 8 nitrogen and oxygen atoms in total. The fourth-order valence-electron chi connectivity index (χ4n) is 5.21. The van der Waals surface area contributed by atoms with Crippen LogP contribution in [0.1, 0.15) is 45.8 Å². The van der Waals surface area contributed by atoms with Crippen LogP contribution in [-0.2, 0) is 25.4 Å². The van der Waals surface area contributed by atoms with E-state index in [1.165, 1.54) is 29.4 Å². The van der Waals surface area contributed by atoms with E-state index in [4.69, 9.17) is 18.9 Å². The number of aldehydes is 1. The van der Waals surface area contributed by atoms with E-state index in [1.807, 2.05) is 24.3 Å². The van der Waals surface area contributed by atoms with Crippen molar-refractivity contribution in [3.05, 3.63) is 108 Å². The smallest absolute Gasteiger partial charge is 0.407 e. The lowest BCUT2D eigenvalue weighted by Crippen LogP contribution is -2.38. The normalized spacial score (nSPS) is 17.7. The van der Waals surface area contributed by atoms with Gasteiger partial charge in [0.1, 0.15) is 18.6 Å². The number of hydrogen-bond acceptors (Lipinski definition) is 7. The van der Waals surface area contributed by atoms with Gasteiger partial charge in [0, 0.05) is 30.9 Å². The Kier molecular flexibility index (Phi) is 9.31. The van der Waals surface area contributed by atoms with Crippen molar-refractivity contribution in [1.29, 1.82) is 0 Å². The Morgan fingerprint density at radius 3 is 2.39 bits per heavy atom. The first-order valence-electron chi connectivity index (χ1n) is 13.7. The van der Waals surface area contributed by atoms with Crippen LogP contribution in [0.4, 0.5) is 4.79 Å². The molecular formula is C33H32NO7. The number of hydrogen-bond donors (Lipinski definition) is 1. The van der Waals surface area contributed by atoms with Crippen molar-refractivity contribution >= 4 is 18.3 Å². The fraction of sp³-hybridized carbons (Fsp3) is 0.273. The zero-order valence-electron chi connectivity index (χ0n) is 22.8. The fourth-order valence-corrected chi connectivity index (χ4v) is 5.21. The molecule has 1 saturated heterocycles. The summed E-state index contributed by atoms with van der Waals surface area (Å²) in [7, 11) is 1.30. The second kappa shape index (κ2) is 13.5. The van der Waals surface area contributed by atoms with E-state index in [9.17, 15) is 14.4 Å². The maximum Gasteiger partial charge on any atom is 0.407 e. The molecule has 3 aromatic rings. The largest absolute Gasteiger partial charge is 0.467 e. The van der Waals surface area contributed by atoms with E-state index < -0.39 is 24.5 Å². The Balaban J connectivity index is 1.07. The number of unbranched alkanes of at least 4 members (excludes halogenated alkanes) is 1.